The minimum absolute atomic E-state index is 0.0402. The average molecular weight is 732 g/mol. The number of amides is 3. The lowest BCUT2D eigenvalue weighted by atomic mass is 10.1. The number of ether oxygens (including phenoxy) is 2. The second-order valence-corrected chi connectivity index (χ2v) is 13.5. The first kappa shape index (κ1) is 41.2. The first-order chi connectivity index (χ1) is 24.7. The predicted molar refractivity (Wildman–Crippen MR) is 205 cm³/mol. The van der Waals surface area contributed by atoms with Gasteiger partial charge in [0.05, 0.1) is 24.5 Å². The van der Waals surface area contributed by atoms with E-state index in [0.717, 1.165) is 28.4 Å². The molecule has 278 valence electrons. The summed E-state index contributed by atoms with van der Waals surface area (Å²) in [6.07, 6.45) is 0. The third-order valence-corrected chi connectivity index (χ3v) is 8.21. The number of aromatic carboxylic acids is 1. The maximum atomic E-state index is 13.0. The molecule has 3 aromatic carbocycles. The second kappa shape index (κ2) is 19.9. The molecule has 0 aliphatic carbocycles. The highest BCUT2D eigenvalue weighted by Crippen LogP contribution is 2.27. The maximum absolute atomic E-state index is 13.0. The largest absolute Gasteiger partial charge is 0.493 e. The van der Waals surface area contributed by atoms with Crippen LogP contribution in [0.15, 0.2) is 66.0 Å². The molecule has 0 atom stereocenters. The van der Waals surface area contributed by atoms with Gasteiger partial charge in [0.25, 0.3) is 5.91 Å². The van der Waals surface area contributed by atoms with Crippen molar-refractivity contribution in [1.29, 1.82) is 0 Å². The van der Waals surface area contributed by atoms with E-state index in [0.29, 0.717) is 48.2 Å². The molecule has 0 unspecified atom stereocenters. The van der Waals surface area contributed by atoms with Gasteiger partial charge in [0.15, 0.2) is 0 Å². The van der Waals surface area contributed by atoms with Gasteiger partial charge in [-0.25, -0.2) is 9.78 Å². The van der Waals surface area contributed by atoms with Crippen molar-refractivity contribution in [2.45, 2.75) is 54.6 Å². The van der Waals surface area contributed by atoms with Gasteiger partial charge < -0.3 is 35.4 Å². The van der Waals surface area contributed by atoms with Crippen LogP contribution in [-0.4, -0.2) is 66.0 Å². The Morgan fingerprint density at radius 1 is 0.808 bits per heavy atom. The second-order valence-electron chi connectivity index (χ2n) is 12.6. The fourth-order valence-electron chi connectivity index (χ4n) is 4.62. The van der Waals surface area contributed by atoms with E-state index < -0.39 is 5.97 Å². The van der Waals surface area contributed by atoms with Crippen molar-refractivity contribution < 1.29 is 33.8 Å². The number of anilines is 2. The monoisotopic (exact) mass is 731 g/mol. The summed E-state index contributed by atoms with van der Waals surface area (Å²) >= 11 is 1.61. The Labute approximate surface area is 309 Å². The number of carbonyl (C=O) groups excluding carboxylic acids is 3. The summed E-state index contributed by atoms with van der Waals surface area (Å²) in [5.41, 5.74) is 4.47. The molecule has 0 aliphatic heterocycles. The lowest BCUT2D eigenvalue weighted by Gasteiger charge is -2.14. The smallest absolute Gasteiger partial charge is 0.339 e. The van der Waals surface area contributed by atoms with Crippen molar-refractivity contribution in [2.24, 2.45) is 11.8 Å². The van der Waals surface area contributed by atoms with Gasteiger partial charge in [-0.05, 0) is 76.0 Å². The summed E-state index contributed by atoms with van der Waals surface area (Å²) in [7, 11) is 4.04. The lowest BCUT2D eigenvalue weighted by molar-refractivity contribution is -0.119. The number of hydrogen-bond donors (Lipinski definition) is 4. The fourth-order valence-corrected chi connectivity index (χ4v) is 5.43. The van der Waals surface area contributed by atoms with Crippen LogP contribution in [0.3, 0.4) is 0 Å². The molecule has 4 aromatic rings. The Morgan fingerprint density at radius 3 is 1.88 bits per heavy atom. The summed E-state index contributed by atoms with van der Waals surface area (Å²) in [5.74, 6) is -1.16. The maximum Gasteiger partial charge on any atom is 0.339 e. The summed E-state index contributed by atoms with van der Waals surface area (Å²) in [6, 6.07) is 17.7. The molecule has 1 heterocycles. The van der Waals surface area contributed by atoms with Crippen molar-refractivity contribution in [3.63, 3.8) is 0 Å². The van der Waals surface area contributed by atoms with Crippen LogP contribution in [-0.2, 0) is 22.7 Å². The van der Waals surface area contributed by atoms with Gasteiger partial charge in [0, 0.05) is 47.2 Å². The van der Waals surface area contributed by atoms with Crippen LogP contribution in [0, 0.1) is 11.8 Å². The van der Waals surface area contributed by atoms with E-state index in [2.05, 4.69) is 26.2 Å². The SMILES string of the molecule is CCOc1ccc(NC(=O)C(C)C)cc1C(=O)NCc1cccc(-c2nc(CN(C)C)cs2)c1.CCOc1ccc(NC(=O)C(C)C)cc1C(=O)O. The Morgan fingerprint density at radius 2 is 1.37 bits per heavy atom. The molecule has 0 spiro atoms. The van der Waals surface area contributed by atoms with E-state index in [1.54, 1.807) is 62.4 Å². The minimum atomic E-state index is -1.08. The highest BCUT2D eigenvalue weighted by molar-refractivity contribution is 7.13. The lowest BCUT2D eigenvalue weighted by Crippen LogP contribution is -2.24. The number of benzene rings is 3. The summed E-state index contributed by atoms with van der Waals surface area (Å²) in [6.45, 7) is 12.8. The highest BCUT2D eigenvalue weighted by atomic mass is 32.1. The van der Waals surface area contributed by atoms with E-state index in [1.807, 2.05) is 59.1 Å². The average Bonchev–Trinajstić information content (AvgIpc) is 3.56. The number of rotatable bonds is 15. The summed E-state index contributed by atoms with van der Waals surface area (Å²) in [4.78, 5) is 54.5. The zero-order chi connectivity index (χ0) is 38.4. The quantitative estimate of drug-likeness (QED) is 0.0994. The van der Waals surface area contributed by atoms with Gasteiger partial charge >= 0.3 is 5.97 Å². The molecule has 1 aromatic heterocycles. The molecule has 12 nitrogen and oxygen atoms in total. The number of thiazole rings is 1. The predicted octanol–water partition coefficient (Wildman–Crippen LogP) is 7.17. The molecule has 4 N–H and O–H groups in total. The van der Waals surface area contributed by atoms with Gasteiger partial charge in [-0.1, -0.05) is 45.9 Å². The molecule has 0 radical (unpaired) electrons. The van der Waals surface area contributed by atoms with Crippen LogP contribution >= 0.6 is 11.3 Å². The van der Waals surface area contributed by atoms with Crippen LogP contribution in [0.2, 0.25) is 0 Å². The Hall–Kier alpha value is -5.27. The molecular weight excluding hydrogens is 683 g/mol. The molecule has 0 aliphatic rings. The van der Waals surface area contributed by atoms with Crippen molar-refractivity contribution in [3.05, 3.63) is 88.4 Å². The topological polar surface area (TPSA) is 159 Å². The number of nitrogens with zero attached hydrogens (tertiary/aromatic N) is 2. The summed E-state index contributed by atoms with van der Waals surface area (Å²) in [5, 5.41) is 20.6. The Balaban J connectivity index is 0.000000341. The third kappa shape index (κ3) is 12.5. The van der Waals surface area contributed by atoms with Gasteiger partial charge in [0.2, 0.25) is 11.8 Å². The molecule has 0 saturated heterocycles. The number of carboxylic acid groups (broad SMARTS) is 1. The van der Waals surface area contributed by atoms with Crippen LogP contribution in [0.5, 0.6) is 11.5 Å². The van der Waals surface area contributed by atoms with Crippen LogP contribution < -0.4 is 25.4 Å². The molecule has 0 bridgehead atoms. The first-order valence-corrected chi connectivity index (χ1v) is 18.0. The summed E-state index contributed by atoms with van der Waals surface area (Å²) < 4.78 is 10.9. The van der Waals surface area contributed by atoms with Gasteiger partial charge in [-0.3, -0.25) is 14.4 Å². The van der Waals surface area contributed by atoms with Crippen molar-refractivity contribution in [1.82, 2.24) is 15.2 Å². The van der Waals surface area contributed by atoms with Crippen molar-refractivity contribution in [2.75, 3.05) is 37.9 Å². The van der Waals surface area contributed by atoms with Crippen molar-refractivity contribution in [3.8, 4) is 22.1 Å². The zero-order valence-electron chi connectivity index (χ0n) is 31.0. The number of carbonyl (C=O) groups is 4. The molecule has 13 heteroatoms. The molecular formula is C39H49N5O7S. The highest BCUT2D eigenvalue weighted by Gasteiger charge is 2.17. The van der Waals surface area contributed by atoms with Gasteiger partial charge in [-0.15, -0.1) is 11.3 Å². The first-order valence-electron chi connectivity index (χ1n) is 17.1. The third-order valence-electron chi connectivity index (χ3n) is 7.27. The molecule has 0 saturated carbocycles. The van der Waals surface area contributed by atoms with Crippen molar-refractivity contribution >= 4 is 46.4 Å². The van der Waals surface area contributed by atoms with Gasteiger partial charge in [0.1, 0.15) is 22.1 Å². The van der Waals surface area contributed by atoms with E-state index in [1.165, 1.54) is 6.07 Å². The number of carboxylic acids is 1. The van der Waals surface area contributed by atoms with E-state index in [-0.39, 0.29) is 35.1 Å². The molecule has 3 amide bonds. The van der Waals surface area contributed by atoms with E-state index in [4.69, 9.17) is 19.6 Å². The molecule has 0 fully saturated rings. The Bertz CT molecular complexity index is 1840. The Kier molecular flexibility index (Phi) is 15.8. The molecule has 4 rings (SSSR count). The zero-order valence-corrected chi connectivity index (χ0v) is 31.8. The number of aromatic nitrogens is 1. The van der Waals surface area contributed by atoms with Crippen LogP contribution in [0.25, 0.3) is 10.6 Å². The fraction of sp³-hybridized carbons (Fsp3) is 0.359. The number of nitrogens with one attached hydrogen (secondary N) is 3. The van der Waals surface area contributed by atoms with E-state index in [9.17, 15) is 19.2 Å². The van der Waals surface area contributed by atoms with E-state index >= 15 is 0 Å². The van der Waals surface area contributed by atoms with Crippen LogP contribution in [0.4, 0.5) is 11.4 Å². The number of hydrogen-bond acceptors (Lipinski definition) is 9. The molecule has 52 heavy (non-hydrogen) atoms. The minimum Gasteiger partial charge on any atom is -0.493 e. The van der Waals surface area contributed by atoms with Crippen LogP contribution in [0.1, 0.15) is 73.5 Å². The normalized spacial score (nSPS) is 10.8. The van der Waals surface area contributed by atoms with Gasteiger partial charge in [-0.2, -0.15) is 0 Å². The standard InChI is InChI=1S/C26H32N4O3S.C13H17NO4/c1-6-33-23-11-10-20(28-24(31)17(2)3)13-22(23)25(32)27-14-18-8-7-9-19(12-18)26-29-21(16-34-26)15-30(4)5;1-4-18-11-6-5-9(7-10(11)13(16)17)14-12(15)8(2)3/h7-13,16-17H,6,14-15H2,1-5H3,(H,27,32)(H,28,31);5-8H,4H2,1-3H3,(H,14,15)(H,16,17).